The molecule has 6 heteroatoms. The van der Waals surface area contributed by atoms with E-state index in [1.165, 1.54) is 6.20 Å². The number of nitrogens with zero attached hydrogens (tertiary/aromatic N) is 2. The minimum Gasteiger partial charge on any atom is -0.454 e. The molecule has 15 heavy (non-hydrogen) atoms. The first-order valence-corrected chi connectivity index (χ1v) is 4.41. The molecule has 84 valence electrons. The third-order valence-electron chi connectivity index (χ3n) is 1.61. The van der Waals surface area contributed by atoms with E-state index in [9.17, 15) is 13.2 Å². The third-order valence-corrected chi connectivity index (χ3v) is 1.61. The first kappa shape index (κ1) is 11.7. The van der Waals surface area contributed by atoms with Gasteiger partial charge in [0, 0.05) is 6.20 Å². The number of ether oxygens (including phenoxy) is 1. The molecule has 1 heterocycles. The van der Waals surface area contributed by atoms with Crippen LogP contribution in [0.4, 0.5) is 13.2 Å². The van der Waals surface area contributed by atoms with Gasteiger partial charge in [0.1, 0.15) is 0 Å². The van der Waals surface area contributed by atoms with Crippen LogP contribution in [0.25, 0.3) is 0 Å². The number of rotatable bonds is 3. The Hall–Kier alpha value is -1.33. The molecule has 0 atom stereocenters. The van der Waals surface area contributed by atoms with Crippen molar-refractivity contribution in [2.24, 2.45) is 0 Å². The molecule has 1 aromatic heterocycles. The Labute approximate surface area is 85.3 Å². The van der Waals surface area contributed by atoms with E-state index in [0.29, 0.717) is 5.69 Å². The van der Waals surface area contributed by atoms with E-state index in [2.05, 4.69) is 14.7 Å². The standard InChI is InChI=1S/C9H11F3N2O/c1-6(2)7-3-4-13-8(14-7)15-5-9(10,11)12/h3-4,6H,5H2,1-2H3. The summed E-state index contributed by atoms with van der Waals surface area (Å²) in [5.41, 5.74) is 0.655. The highest BCUT2D eigenvalue weighted by molar-refractivity contribution is 5.08. The quantitative estimate of drug-likeness (QED) is 0.785. The molecule has 0 radical (unpaired) electrons. The van der Waals surface area contributed by atoms with E-state index in [-0.39, 0.29) is 11.9 Å². The van der Waals surface area contributed by atoms with Crippen molar-refractivity contribution in [1.29, 1.82) is 0 Å². The van der Waals surface area contributed by atoms with Crippen molar-refractivity contribution in [3.05, 3.63) is 18.0 Å². The molecular weight excluding hydrogens is 209 g/mol. The van der Waals surface area contributed by atoms with Gasteiger partial charge >= 0.3 is 12.2 Å². The lowest BCUT2D eigenvalue weighted by atomic mass is 10.1. The maximum Gasteiger partial charge on any atom is 0.422 e. The molecule has 0 aromatic carbocycles. The lowest BCUT2D eigenvalue weighted by Gasteiger charge is -2.09. The van der Waals surface area contributed by atoms with Crippen molar-refractivity contribution in [3.63, 3.8) is 0 Å². The van der Waals surface area contributed by atoms with E-state index in [4.69, 9.17) is 0 Å². The first-order valence-electron chi connectivity index (χ1n) is 4.41. The summed E-state index contributed by atoms with van der Waals surface area (Å²) in [7, 11) is 0. The predicted molar refractivity (Wildman–Crippen MR) is 47.7 cm³/mol. The molecule has 0 aliphatic heterocycles. The topological polar surface area (TPSA) is 35.0 Å². The Morgan fingerprint density at radius 3 is 2.60 bits per heavy atom. The summed E-state index contributed by atoms with van der Waals surface area (Å²) in [6.07, 6.45) is -2.98. The molecule has 0 amide bonds. The normalized spacial score (nSPS) is 11.9. The van der Waals surface area contributed by atoms with E-state index in [1.54, 1.807) is 6.07 Å². The molecule has 0 N–H and O–H groups in total. The molecule has 0 fully saturated rings. The Kier molecular flexibility index (Phi) is 3.49. The Morgan fingerprint density at radius 1 is 1.40 bits per heavy atom. The minimum absolute atomic E-state index is 0.126. The fraction of sp³-hybridized carbons (Fsp3) is 0.556. The monoisotopic (exact) mass is 220 g/mol. The zero-order valence-corrected chi connectivity index (χ0v) is 8.38. The molecule has 0 spiro atoms. The van der Waals surface area contributed by atoms with Gasteiger partial charge in [0.15, 0.2) is 6.61 Å². The maximum absolute atomic E-state index is 11.8. The Bertz CT molecular complexity index is 325. The van der Waals surface area contributed by atoms with Gasteiger partial charge in [-0.15, -0.1) is 0 Å². The zero-order chi connectivity index (χ0) is 11.5. The summed E-state index contributed by atoms with van der Waals surface area (Å²) in [6, 6.07) is 1.41. The SMILES string of the molecule is CC(C)c1ccnc(OCC(F)(F)F)n1. The second kappa shape index (κ2) is 4.46. The van der Waals surface area contributed by atoms with E-state index >= 15 is 0 Å². The van der Waals surface area contributed by atoms with Crippen LogP contribution in [-0.2, 0) is 0 Å². The van der Waals surface area contributed by atoms with Gasteiger partial charge in [-0.2, -0.15) is 18.2 Å². The highest BCUT2D eigenvalue weighted by atomic mass is 19.4. The fourth-order valence-electron chi connectivity index (χ4n) is 0.891. The molecular formula is C9H11F3N2O. The van der Waals surface area contributed by atoms with Crippen LogP contribution in [0.5, 0.6) is 6.01 Å². The van der Waals surface area contributed by atoms with Crippen LogP contribution in [0.15, 0.2) is 12.3 Å². The van der Waals surface area contributed by atoms with Crippen LogP contribution in [-0.4, -0.2) is 22.8 Å². The van der Waals surface area contributed by atoms with Gasteiger partial charge in [0.2, 0.25) is 0 Å². The van der Waals surface area contributed by atoms with Crippen molar-refractivity contribution < 1.29 is 17.9 Å². The first-order chi connectivity index (χ1) is 6.88. The van der Waals surface area contributed by atoms with Crippen molar-refractivity contribution in [2.75, 3.05) is 6.61 Å². The van der Waals surface area contributed by atoms with Crippen molar-refractivity contribution in [3.8, 4) is 6.01 Å². The fourth-order valence-corrected chi connectivity index (χ4v) is 0.891. The zero-order valence-electron chi connectivity index (χ0n) is 8.38. The lowest BCUT2D eigenvalue weighted by molar-refractivity contribution is -0.154. The number of halogens is 3. The second-order valence-corrected chi connectivity index (χ2v) is 3.32. The Morgan fingerprint density at radius 2 is 2.07 bits per heavy atom. The second-order valence-electron chi connectivity index (χ2n) is 3.32. The molecule has 0 aliphatic carbocycles. The molecule has 0 aliphatic rings. The van der Waals surface area contributed by atoms with Gasteiger partial charge in [0.05, 0.1) is 5.69 Å². The van der Waals surface area contributed by atoms with Gasteiger partial charge in [0.25, 0.3) is 0 Å². The van der Waals surface area contributed by atoms with Crippen LogP contribution in [0.3, 0.4) is 0 Å². The number of hydrogen-bond donors (Lipinski definition) is 0. The highest BCUT2D eigenvalue weighted by Gasteiger charge is 2.28. The van der Waals surface area contributed by atoms with Gasteiger partial charge < -0.3 is 4.74 Å². The number of hydrogen-bond acceptors (Lipinski definition) is 3. The molecule has 1 aromatic rings. The van der Waals surface area contributed by atoms with E-state index in [1.807, 2.05) is 13.8 Å². The molecule has 1 rings (SSSR count). The van der Waals surface area contributed by atoms with E-state index in [0.717, 1.165) is 0 Å². The Balaban J connectivity index is 2.66. The average molecular weight is 220 g/mol. The van der Waals surface area contributed by atoms with Crippen molar-refractivity contribution in [1.82, 2.24) is 9.97 Å². The number of aromatic nitrogens is 2. The lowest BCUT2D eigenvalue weighted by Crippen LogP contribution is -2.20. The summed E-state index contributed by atoms with van der Waals surface area (Å²) in [4.78, 5) is 7.43. The van der Waals surface area contributed by atoms with Gasteiger partial charge in [-0.1, -0.05) is 13.8 Å². The molecule has 0 bridgehead atoms. The summed E-state index contributed by atoms with van der Waals surface area (Å²) in [5.74, 6) is 0.126. The summed E-state index contributed by atoms with van der Waals surface area (Å²) < 4.78 is 39.9. The van der Waals surface area contributed by atoms with Gasteiger partial charge in [-0.05, 0) is 12.0 Å². The average Bonchev–Trinajstić information content (AvgIpc) is 2.14. The number of alkyl halides is 3. The van der Waals surface area contributed by atoms with Crippen LogP contribution >= 0.6 is 0 Å². The van der Waals surface area contributed by atoms with E-state index < -0.39 is 12.8 Å². The molecule has 3 nitrogen and oxygen atoms in total. The van der Waals surface area contributed by atoms with Crippen molar-refractivity contribution in [2.45, 2.75) is 25.9 Å². The maximum atomic E-state index is 11.8. The van der Waals surface area contributed by atoms with Crippen LogP contribution in [0.2, 0.25) is 0 Å². The molecule has 0 unspecified atom stereocenters. The van der Waals surface area contributed by atoms with Crippen LogP contribution < -0.4 is 4.74 Å². The van der Waals surface area contributed by atoms with Crippen LogP contribution in [0, 0.1) is 0 Å². The van der Waals surface area contributed by atoms with Crippen LogP contribution in [0.1, 0.15) is 25.5 Å². The summed E-state index contributed by atoms with van der Waals surface area (Å²) in [5, 5.41) is 0. The third kappa shape index (κ3) is 4.14. The molecule has 0 saturated carbocycles. The summed E-state index contributed by atoms with van der Waals surface area (Å²) in [6.45, 7) is 2.40. The van der Waals surface area contributed by atoms with Gasteiger partial charge in [-0.3, -0.25) is 0 Å². The van der Waals surface area contributed by atoms with Gasteiger partial charge in [-0.25, -0.2) is 4.98 Å². The summed E-state index contributed by atoms with van der Waals surface area (Å²) >= 11 is 0. The molecule has 0 saturated heterocycles. The predicted octanol–water partition coefficient (Wildman–Crippen LogP) is 2.54. The smallest absolute Gasteiger partial charge is 0.422 e. The van der Waals surface area contributed by atoms with Crippen molar-refractivity contribution >= 4 is 0 Å². The highest BCUT2D eigenvalue weighted by Crippen LogP contribution is 2.17. The largest absolute Gasteiger partial charge is 0.454 e. The minimum atomic E-state index is -4.36.